The molecule has 0 atom stereocenters. The lowest BCUT2D eigenvalue weighted by Gasteiger charge is -2.19. The van der Waals surface area contributed by atoms with Crippen LogP contribution in [0, 0.1) is 39.0 Å². The molecule has 0 N–H and O–H groups in total. The summed E-state index contributed by atoms with van der Waals surface area (Å²) in [6.45, 7) is 8.32. The van der Waals surface area contributed by atoms with Crippen molar-refractivity contribution in [3.8, 4) is 28.6 Å². The molecular formula is C40H30N4. The van der Waals surface area contributed by atoms with Crippen molar-refractivity contribution in [3.05, 3.63) is 137 Å². The zero-order valence-electron chi connectivity index (χ0n) is 25.2. The van der Waals surface area contributed by atoms with Crippen molar-refractivity contribution < 1.29 is 0 Å². The van der Waals surface area contributed by atoms with Gasteiger partial charge in [0.2, 0.25) is 0 Å². The third-order valence-corrected chi connectivity index (χ3v) is 8.76. The Labute approximate surface area is 256 Å². The van der Waals surface area contributed by atoms with Crippen molar-refractivity contribution in [1.82, 2.24) is 14.1 Å². The SMILES string of the molecule is Cc1ccc2c3ccccc3n(-c3cc(-c4cc(C)nc(C)c4)cc(-n4c5ccccc5c5ccc(C)cc54)c3C#N)c2c1. The molecule has 3 heterocycles. The van der Waals surface area contributed by atoms with Gasteiger partial charge >= 0.3 is 0 Å². The Kier molecular flexibility index (Phi) is 5.73. The summed E-state index contributed by atoms with van der Waals surface area (Å²) >= 11 is 0. The standard InChI is InChI=1S/C40H30N4/c1-24-13-15-32-30-9-5-7-11-35(30)43(37(32)17-24)39-21-29(28-19-26(3)42-27(4)20-28)22-40(34(39)23-41)44-36-12-8-6-10-31(36)33-16-14-25(2)18-38(33)44/h5-22H,1-4H3. The molecule has 0 bridgehead atoms. The lowest BCUT2D eigenvalue weighted by atomic mass is 9.99. The number of pyridine rings is 1. The van der Waals surface area contributed by atoms with Gasteiger partial charge in [0.25, 0.3) is 0 Å². The first-order chi connectivity index (χ1) is 21.4. The molecule has 4 heteroatoms. The van der Waals surface area contributed by atoms with Crippen LogP contribution in [-0.4, -0.2) is 14.1 Å². The van der Waals surface area contributed by atoms with E-state index in [1.807, 2.05) is 13.8 Å². The number of nitrogens with zero attached hydrogens (tertiary/aromatic N) is 4. The van der Waals surface area contributed by atoms with Gasteiger partial charge in [0.15, 0.2) is 0 Å². The third-order valence-electron chi connectivity index (χ3n) is 8.76. The van der Waals surface area contributed by atoms with Crippen molar-refractivity contribution in [1.29, 1.82) is 5.26 Å². The van der Waals surface area contributed by atoms with Gasteiger partial charge in [-0.2, -0.15) is 5.26 Å². The van der Waals surface area contributed by atoms with Crippen LogP contribution in [0.15, 0.2) is 109 Å². The molecule has 8 aromatic rings. The molecule has 0 amide bonds. The van der Waals surface area contributed by atoms with Crippen LogP contribution in [0.4, 0.5) is 0 Å². The molecule has 0 aliphatic rings. The number of nitriles is 1. The van der Waals surface area contributed by atoms with Crippen molar-refractivity contribution in [2.24, 2.45) is 0 Å². The summed E-state index contributed by atoms with van der Waals surface area (Å²) in [6, 6.07) is 41.5. The molecule has 44 heavy (non-hydrogen) atoms. The van der Waals surface area contributed by atoms with Crippen LogP contribution in [0.5, 0.6) is 0 Å². The number of benzene rings is 5. The Balaban J connectivity index is 1.59. The fraction of sp³-hybridized carbons (Fsp3) is 0.100. The topological polar surface area (TPSA) is 46.5 Å². The number of rotatable bonds is 3. The lowest BCUT2D eigenvalue weighted by molar-refractivity contribution is 1.11. The summed E-state index contributed by atoms with van der Waals surface area (Å²) in [5.41, 5.74) is 13.1. The molecule has 0 unspecified atom stereocenters. The van der Waals surface area contributed by atoms with E-state index < -0.39 is 0 Å². The third kappa shape index (κ3) is 3.87. The van der Waals surface area contributed by atoms with Crippen LogP contribution in [0.2, 0.25) is 0 Å². The number of aryl methyl sites for hydroxylation is 4. The van der Waals surface area contributed by atoms with E-state index in [0.717, 1.165) is 56.0 Å². The smallest absolute Gasteiger partial charge is 0.104 e. The largest absolute Gasteiger partial charge is 0.308 e. The number of hydrogen-bond donors (Lipinski definition) is 0. The minimum Gasteiger partial charge on any atom is -0.308 e. The average molecular weight is 567 g/mol. The summed E-state index contributed by atoms with van der Waals surface area (Å²) in [5.74, 6) is 0. The van der Waals surface area contributed by atoms with Gasteiger partial charge in [0, 0.05) is 32.9 Å². The maximum absolute atomic E-state index is 11.1. The van der Waals surface area contributed by atoms with Crippen LogP contribution in [0.1, 0.15) is 28.1 Å². The average Bonchev–Trinajstić information content (AvgIpc) is 3.51. The van der Waals surface area contributed by atoms with Gasteiger partial charge in [0.05, 0.1) is 33.4 Å². The number of hydrogen-bond acceptors (Lipinski definition) is 2. The molecular weight excluding hydrogens is 536 g/mol. The van der Waals surface area contributed by atoms with E-state index in [4.69, 9.17) is 0 Å². The van der Waals surface area contributed by atoms with Gasteiger partial charge in [-0.15, -0.1) is 0 Å². The Morgan fingerprint density at radius 3 is 1.41 bits per heavy atom. The van der Waals surface area contributed by atoms with E-state index in [0.29, 0.717) is 5.56 Å². The maximum Gasteiger partial charge on any atom is 0.104 e. The highest BCUT2D eigenvalue weighted by Crippen LogP contribution is 2.40. The zero-order chi connectivity index (χ0) is 30.1. The second-order valence-corrected chi connectivity index (χ2v) is 11.9. The first kappa shape index (κ1) is 26.0. The molecule has 8 rings (SSSR count). The number of aromatic nitrogens is 3. The Bertz CT molecular complexity index is 2340. The highest BCUT2D eigenvalue weighted by Gasteiger charge is 2.22. The van der Waals surface area contributed by atoms with Gasteiger partial charge in [-0.25, -0.2) is 0 Å². The highest BCUT2D eigenvalue weighted by atomic mass is 15.0. The van der Waals surface area contributed by atoms with Gasteiger partial charge in [0.1, 0.15) is 11.6 Å². The van der Waals surface area contributed by atoms with Crippen LogP contribution >= 0.6 is 0 Å². The summed E-state index contributed by atoms with van der Waals surface area (Å²) in [4.78, 5) is 4.66. The minimum atomic E-state index is 0.629. The van der Waals surface area contributed by atoms with Crippen LogP contribution in [0.3, 0.4) is 0 Å². The molecule has 0 aliphatic heterocycles. The Hall–Kier alpha value is -5.66. The molecule has 0 aliphatic carbocycles. The fourth-order valence-electron chi connectivity index (χ4n) is 6.93. The Morgan fingerprint density at radius 2 is 0.932 bits per heavy atom. The van der Waals surface area contributed by atoms with Crippen LogP contribution < -0.4 is 0 Å². The van der Waals surface area contributed by atoms with Gasteiger partial charge < -0.3 is 9.13 Å². The van der Waals surface area contributed by atoms with Gasteiger partial charge in [-0.3, -0.25) is 4.98 Å². The molecule has 0 saturated heterocycles. The first-order valence-corrected chi connectivity index (χ1v) is 15.0. The summed E-state index contributed by atoms with van der Waals surface area (Å²) in [7, 11) is 0. The van der Waals surface area contributed by atoms with E-state index in [-0.39, 0.29) is 0 Å². The summed E-state index contributed by atoms with van der Waals surface area (Å²) < 4.78 is 4.56. The molecule has 0 fully saturated rings. The molecule has 5 aromatic carbocycles. The fourth-order valence-corrected chi connectivity index (χ4v) is 6.93. The normalized spacial score (nSPS) is 11.6. The molecule has 0 radical (unpaired) electrons. The summed E-state index contributed by atoms with van der Waals surface area (Å²) in [6.07, 6.45) is 0. The maximum atomic E-state index is 11.1. The highest BCUT2D eigenvalue weighted by molar-refractivity contribution is 6.11. The van der Waals surface area contributed by atoms with E-state index >= 15 is 0 Å². The van der Waals surface area contributed by atoms with Crippen molar-refractivity contribution in [3.63, 3.8) is 0 Å². The van der Waals surface area contributed by atoms with Crippen molar-refractivity contribution >= 4 is 43.6 Å². The summed E-state index contributed by atoms with van der Waals surface area (Å²) in [5, 5.41) is 15.7. The predicted octanol–water partition coefficient (Wildman–Crippen LogP) is 10.0. The van der Waals surface area contributed by atoms with Crippen LogP contribution in [-0.2, 0) is 0 Å². The molecule has 0 saturated carbocycles. The predicted molar refractivity (Wildman–Crippen MR) is 182 cm³/mol. The molecule has 4 nitrogen and oxygen atoms in total. The quantitative estimate of drug-likeness (QED) is 0.214. The van der Waals surface area contributed by atoms with E-state index in [9.17, 15) is 5.26 Å². The van der Waals surface area contributed by atoms with E-state index in [1.54, 1.807) is 0 Å². The van der Waals surface area contributed by atoms with Crippen molar-refractivity contribution in [2.45, 2.75) is 27.7 Å². The first-order valence-electron chi connectivity index (χ1n) is 15.0. The minimum absolute atomic E-state index is 0.629. The Morgan fingerprint density at radius 1 is 0.500 bits per heavy atom. The second kappa shape index (κ2) is 9.69. The monoisotopic (exact) mass is 566 g/mol. The van der Waals surface area contributed by atoms with Crippen molar-refractivity contribution in [2.75, 3.05) is 0 Å². The lowest BCUT2D eigenvalue weighted by Crippen LogP contribution is -2.05. The van der Waals surface area contributed by atoms with Gasteiger partial charge in [-0.05, 0) is 98.5 Å². The van der Waals surface area contributed by atoms with E-state index in [2.05, 4.69) is 143 Å². The zero-order valence-corrected chi connectivity index (χ0v) is 25.2. The molecule has 210 valence electrons. The van der Waals surface area contributed by atoms with E-state index in [1.165, 1.54) is 32.7 Å². The number of para-hydroxylation sites is 2. The molecule has 0 spiro atoms. The number of fused-ring (bicyclic) bond motifs is 6. The van der Waals surface area contributed by atoms with Gasteiger partial charge in [-0.1, -0.05) is 60.7 Å². The molecule has 3 aromatic heterocycles. The van der Waals surface area contributed by atoms with Crippen LogP contribution in [0.25, 0.3) is 66.1 Å². The second-order valence-electron chi connectivity index (χ2n) is 11.9.